The number of benzene rings is 1. The van der Waals surface area contributed by atoms with Crippen molar-refractivity contribution in [1.82, 2.24) is 37.2 Å². The van der Waals surface area contributed by atoms with Gasteiger partial charge in [-0.15, -0.1) is 12.6 Å². The molecule has 0 fully saturated rings. The van der Waals surface area contributed by atoms with Crippen LogP contribution in [0.25, 0.3) is 0 Å². The van der Waals surface area contributed by atoms with Crippen LogP contribution in [0.5, 0.6) is 17.2 Å². The van der Waals surface area contributed by atoms with Crippen molar-refractivity contribution >= 4 is 84.8 Å². The third kappa shape index (κ3) is 68.6. The summed E-state index contributed by atoms with van der Waals surface area (Å²) in [6, 6.07) is 2.87. The number of carbonyl (C=O) groups is 11. The molecule has 1 rings (SSSR count). The average molecular weight is 1560 g/mol. The number of carbonyl (C=O) groups excluding carboxylic acids is 11. The summed E-state index contributed by atoms with van der Waals surface area (Å²) >= 11 is 0. The number of hydrogen-bond donors (Lipinski definition) is 8. The molecule has 0 aliphatic rings. The summed E-state index contributed by atoms with van der Waals surface area (Å²) in [6.07, 6.45) is 25.1. The summed E-state index contributed by atoms with van der Waals surface area (Å²) in [6.45, 7) is 23.4. The van der Waals surface area contributed by atoms with E-state index in [2.05, 4.69) is 44.1 Å². The number of unbranched alkanes of at least 4 members (excludes halogenated alkanes) is 12. The van der Waals surface area contributed by atoms with Crippen molar-refractivity contribution in [3.8, 4) is 17.2 Å². The number of rotatable bonds is 63. The Bertz CT molecular complexity index is 2860. The van der Waals surface area contributed by atoms with Crippen LogP contribution in [-0.2, 0) is 68.7 Å². The minimum atomic E-state index is -4.11. The Hall–Kier alpha value is -6.40. The highest BCUT2D eigenvalue weighted by atomic mass is 32.2. The van der Waals surface area contributed by atoms with Crippen LogP contribution in [0.15, 0.2) is 12.1 Å². The Morgan fingerprint density at radius 3 is 1.26 bits per heavy atom. The molecule has 0 bridgehead atoms. The zero-order valence-corrected chi connectivity index (χ0v) is 69.2. The van der Waals surface area contributed by atoms with E-state index in [1.807, 2.05) is 55.8 Å². The molecule has 0 radical (unpaired) electrons. The number of nitrogens with one attached hydrogen (secondary N) is 7. The molecule has 0 saturated carbocycles. The molecule has 29 heteroatoms. The van der Waals surface area contributed by atoms with E-state index in [4.69, 9.17) is 31.4 Å². The minimum absolute atomic E-state index is 0.00147. The molecule has 0 aliphatic heterocycles. The third-order valence-corrected chi connectivity index (χ3v) is 17.7. The summed E-state index contributed by atoms with van der Waals surface area (Å²) in [7, 11) is -1.49. The van der Waals surface area contributed by atoms with Gasteiger partial charge in [0.25, 0.3) is 16.0 Å². The van der Waals surface area contributed by atoms with E-state index >= 15 is 0 Å². The van der Waals surface area contributed by atoms with E-state index < -0.39 is 32.4 Å². The van der Waals surface area contributed by atoms with Crippen molar-refractivity contribution in [1.29, 1.82) is 0 Å². The predicted octanol–water partition coefficient (Wildman–Crippen LogP) is 11.1. The van der Waals surface area contributed by atoms with Crippen molar-refractivity contribution in [2.24, 2.45) is 17.8 Å². The van der Waals surface area contributed by atoms with Crippen LogP contribution in [-0.4, -0.2) is 182 Å². The van der Waals surface area contributed by atoms with Gasteiger partial charge >= 0.3 is 10.6 Å². The zero-order chi connectivity index (χ0) is 81.6. The first-order valence-electron chi connectivity index (χ1n) is 39.3. The third-order valence-electron chi connectivity index (χ3n) is 16.9. The van der Waals surface area contributed by atoms with Gasteiger partial charge in [-0.25, -0.2) is 0 Å². The maximum atomic E-state index is 13.1. The summed E-state index contributed by atoms with van der Waals surface area (Å²) in [4.78, 5) is 130. The van der Waals surface area contributed by atoms with Crippen LogP contribution >= 0.6 is 0 Å². The quantitative estimate of drug-likeness (QED) is 0.0222. The lowest BCUT2D eigenvalue weighted by atomic mass is 9.91. The van der Waals surface area contributed by atoms with Gasteiger partial charge in [-0.05, 0) is 183 Å². The van der Waals surface area contributed by atoms with Crippen LogP contribution in [0.3, 0.4) is 0 Å². The van der Waals surface area contributed by atoms with Gasteiger partial charge in [0.05, 0.1) is 31.6 Å². The fourth-order valence-electron chi connectivity index (χ4n) is 10.5. The Labute approximate surface area is 643 Å². The number of amides is 4. The number of hydrogen-bond acceptors (Lipinski definition) is 22. The Balaban J connectivity index is -0.000000707. The second-order valence-corrected chi connectivity index (χ2v) is 28.9. The molecule has 8 N–H and O–H groups in total. The van der Waals surface area contributed by atoms with E-state index in [9.17, 15) is 61.2 Å². The van der Waals surface area contributed by atoms with Crippen molar-refractivity contribution in [2.75, 3.05) is 86.0 Å². The van der Waals surface area contributed by atoms with Crippen molar-refractivity contribution in [3.63, 3.8) is 0 Å². The molecule has 4 amide bonds. The normalized spacial score (nSPS) is 11.8. The maximum Gasteiger partial charge on any atom is 0.425 e. The highest BCUT2D eigenvalue weighted by Gasteiger charge is 2.24. The molecule has 0 aromatic heterocycles. The molecule has 0 saturated heterocycles. The van der Waals surface area contributed by atoms with Gasteiger partial charge in [0.1, 0.15) is 34.7 Å². The monoisotopic (exact) mass is 1560 g/mol. The van der Waals surface area contributed by atoms with E-state index in [1.165, 1.54) is 47.0 Å². The maximum absolute atomic E-state index is 13.1. The lowest BCUT2D eigenvalue weighted by Crippen LogP contribution is -2.39. The second-order valence-electron chi connectivity index (χ2n) is 26.9. The lowest BCUT2D eigenvalue weighted by molar-refractivity contribution is -0.130. The smallest absolute Gasteiger partial charge is 0.425 e. The molecule has 0 spiro atoms. The van der Waals surface area contributed by atoms with Crippen LogP contribution in [0, 0.1) is 17.8 Å². The number of ketones is 7. The highest BCUT2D eigenvalue weighted by Crippen LogP contribution is 2.40. The second kappa shape index (κ2) is 72.5. The largest absolute Gasteiger partial charge is 0.490 e. The summed E-state index contributed by atoms with van der Waals surface area (Å²) in [5.74, 6) is -0.721. The molecule has 4 unspecified atom stereocenters. The first-order chi connectivity index (χ1) is 50.9. The van der Waals surface area contributed by atoms with Crippen molar-refractivity contribution in [2.45, 2.75) is 294 Å². The Kier molecular flexibility index (Phi) is 72.4. The Morgan fingerprint density at radius 2 is 0.832 bits per heavy atom. The molecule has 4 atom stereocenters. The molecule has 107 heavy (non-hydrogen) atoms. The van der Waals surface area contributed by atoms with Gasteiger partial charge in [-0.3, -0.25) is 57.3 Å². The highest BCUT2D eigenvalue weighted by molar-refractivity contribution is 7.85. The summed E-state index contributed by atoms with van der Waals surface area (Å²) < 4.78 is 74.2. The summed E-state index contributed by atoms with van der Waals surface area (Å²) in [5.41, 5.74) is 0.329. The zero-order valence-electron chi connectivity index (χ0n) is 67.6. The standard InChI is InChI=1S/C32H54N2O9S.C17H32N2O3.C16H30N2O3.C13H25NO2.O3S/c1-5-7-19-42-30-24-27(23-29(41-18-6-2)31(30)43-20-13-21-44(38,39)40)32(37)34-17-12-10-14-26(25(3)35)22-28(36)15-9-8-11-16-33-4;1-4-11-19-17(22)10-9-15(14(2)20)13-16(21)8-6-5-7-12-18-3;1-4-9-18-16(21)12-14(13(2)19)11-15(20)8-6-5-7-10-17-3;1-4-6-7-8-9-10-13(16)14-12(5-2)11(3)15;1-4(2)3/h23-24,26,33H,5-22H2,1-4H3,(H,34,37)(H,38,39,40);15,18H,4-13H2,1-3H3,(H,19,22);14,17H,4-12H2,1-3H3,(H,18,21);12H,4-10H2,1-3H3,(H,14,16);. The number of ether oxygens (including phenoxy) is 3. The van der Waals surface area contributed by atoms with Gasteiger partial charge in [0.2, 0.25) is 23.5 Å². The van der Waals surface area contributed by atoms with Crippen molar-refractivity contribution < 1.29 is 92.5 Å². The fraction of sp³-hybridized carbons (Fsp3) is 0.782. The summed E-state index contributed by atoms with van der Waals surface area (Å²) in [5, 5.41) is 20.5. The molecule has 27 nitrogen and oxygen atoms in total. The average Bonchev–Trinajstić information content (AvgIpc) is 0.814. The lowest BCUT2D eigenvalue weighted by Gasteiger charge is -2.18. The van der Waals surface area contributed by atoms with Crippen LogP contribution in [0.2, 0.25) is 0 Å². The van der Waals surface area contributed by atoms with E-state index in [0.717, 1.165) is 116 Å². The molecule has 0 heterocycles. The van der Waals surface area contributed by atoms with Gasteiger partial charge in [-0.1, -0.05) is 99.3 Å². The molecule has 1 aromatic rings. The minimum Gasteiger partial charge on any atom is -0.490 e. The molecular formula is C78H141N7O20S2. The molecular weight excluding hydrogens is 1420 g/mol. The fourth-order valence-corrected chi connectivity index (χ4v) is 11.0. The topological polar surface area (TPSA) is 405 Å². The SMILES string of the molecule is CCCCCCCC(=O)NC(CC)C(C)=O.CCCCOc1cc(C(=O)NCCCCC(CC(=O)CCCCCNC)C(C)=O)cc(OCCC)c1OCCCS(=O)(=O)O.CCCNC(=O)CC(CC(=O)CCCCCNC)C(C)=O.CCCNC(=O)CCC(CC(=O)CCCCCNC)C(C)=O.O=S(=O)=O. The van der Waals surface area contributed by atoms with Crippen molar-refractivity contribution in [3.05, 3.63) is 17.7 Å². The molecule has 620 valence electrons. The number of Topliss-reactive ketones (excluding diaryl/α,β-unsaturated/α-hetero) is 7. The van der Waals surface area contributed by atoms with Crippen LogP contribution < -0.4 is 51.4 Å². The van der Waals surface area contributed by atoms with Gasteiger partial charge in [-0.2, -0.15) is 8.42 Å². The first kappa shape index (κ1) is 107. The van der Waals surface area contributed by atoms with Gasteiger partial charge in [0, 0.05) is 101 Å². The van der Waals surface area contributed by atoms with Crippen LogP contribution in [0.4, 0.5) is 0 Å². The Morgan fingerprint density at radius 1 is 0.411 bits per heavy atom. The van der Waals surface area contributed by atoms with Crippen LogP contribution in [0.1, 0.15) is 298 Å². The first-order valence-corrected chi connectivity index (χ1v) is 41.9. The van der Waals surface area contributed by atoms with E-state index in [1.54, 1.807) is 12.1 Å². The molecule has 1 aromatic carbocycles. The molecule has 0 aliphatic carbocycles. The van der Waals surface area contributed by atoms with Gasteiger partial charge < -0.3 is 51.4 Å². The van der Waals surface area contributed by atoms with Gasteiger partial charge in [0.15, 0.2) is 17.3 Å². The predicted molar refractivity (Wildman–Crippen MR) is 420 cm³/mol. The van der Waals surface area contributed by atoms with E-state index in [-0.39, 0.29) is 126 Å². The van der Waals surface area contributed by atoms with E-state index in [0.29, 0.717) is 121 Å².